The van der Waals surface area contributed by atoms with E-state index in [1.165, 1.54) is 36.7 Å². The number of aromatic carboxylic acids is 2. The van der Waals surface area contributed by atoms with E-state index < -0.39 is 11.9 Å². The third-order valence-electron chi connectivity index (χ3n) is 2.30. The van der Waals surface area contributed by atoms with E-state index in [4.69, 9.17) is 10.2 Å². The van der Waals surface area contributed by atoms with Gasteiger partial charge in [-0.25, -0.2) is 14.6 Å². The van der Waals surface area contributed by atoms with E-state index in [1.807, 2.05) is 0 Å². The number of nitrogens with zero attached hydrogens (tertiary/aromatic N) is 2. The molecule has 2 aromatic rings. The second-order valence-electron chi connectivity index (χ2n) is 3.41. The van der Waals surface area contributed by atoms with Gasteiger partial charge in [-0.2, -0.15) is 0 Å². The van der Waals surface area contributed by atoms with Crippen LogP contribution in [0.1, 0.15) is 20.8 Å². The predicted molar refractivity (Wildman–Crippen MR) is 61.4 cm³/mol. The molecule has 0 fully saturated rings. The maximum atomic E-state index is 11.1. The van der Waals surface area contributed by atoms with Gasteiger partial charge in [0.05, 0.1) is 11.3 Å². The lowest BCUT2D eigenvalue weighted by Gasteiger charge is -2.06. The summed E-state index contributed by atoms with van der Waals surface area (Å²) in [6.45, 7) is 0. The lowest BCUT2D eigenvalue weighted by molar-refractivity contribution is 0.0680. The van der Waals surface area contributed by atoms with Crippen LogP contribution in [0.15, 0.2) is 36.7 Å². The predicted octanol–water partition coefficient (Wildman–Crippen LogP) is 1.54. The fourth-order valence-corrected chi connectivity index (χ4v) is 1.56. The molecule has 90 valence electrons. The minimum atomic E-state index is -1.23. The summed E-state index contributed by atoms with van der Waals surface area (Å²) < 4.78 is 0. The van der Waals surface area contributed by atoms with Gasteiger partial charge in [0, 0.05) is 18.0 Å². The van der Waals surface area contributed by atoms with Crippen LogP contribution in [0.25, 0.3) is 11.3 Å². The normalized spacial score (nSPS) is 10.0. The Labute approximate surface area is 102 Å². The zero-order valence-corrected chi connectivity index (χ0v) is 9.07. The summed E-state index contributed by atoms with van der Waals surface area (Å²) in [7, 11) is 0. The van der Waals surface area contributed by atoms with E-state index in [9.17, 15) is 9.59 Å². The number of rotatable bonds is 3. The summed E-state index contributed by atoms with van der Waals surface area (Å²) in [5.74, 6) is -2.40. The molecule has 0 spiro atoms. The molecule has 2 heterocycles. The van der Waals surface area contributed by atoms with E-state index in [1.54, 1.807) is 0 Å². The highest BCUT2D eigenvalue weighted by molar-refractivity contribution is 5.99. The van der Waals surface area contributed by atoms with Crippen LogP contribution < -0.4 is 0 Å². The van der Waals surface area contributed by atoms with Gasteiger partial charge in [0.2, 0.25) is 0 Å². The molecule has 2 rings (SSSR count). The number of aromatic nitrogens is 2. The molecule has 2 aromatic heterocycles. The van der Waals surface area contributed by atoms with Gasteiger partial charge < -0.3 is 10.2 Å². The average Bonchev–Trinajstić information content (AvgIpc) is 2.38. The Morgan fingerprint density at radius 1 is 0.944 bits per heavy atom. The zero-order chi connectivity index (χ0) is 13.1. The number of hydrogen-bond donors (Lipinski definition) is 2. The topological polar surface area (TPSA) is 100 Å². The Bertz CT molecular complexity index is 569. The lowest BCUT2D eigenvalue weighted by Crippen LogP contribution is -2.07. The van der Waals surface area contributed by atoms with Crippen LogP contribution in [0.4, 0.5) is 0 Å². The molecule has 0 saturated heterocycles. The molecular weight excluding hydrogens is 236 g/mol. The van der Waals surface area contributed by atoms with Crippen LogP contribution in [0, 0.1) is 0 Å². The quantitative estimate of drug-likeness (QED) is 0.849. The number of pyridine rings is 2. The third-order valence-corrected chi connectivity index (χ3v) is 2.30. The summed E-state index contributed by atoms with van der Waals surface area (Å²) in [6.07, 6.45) is 2.73. The largest absolute Gasteiger partial charge is 0.478 e. The third kappa shape index (κ3) is 2.03. The second kappa shape index (κ2) is 4.62. The molecule has 2 N–H and O–H groups in total. The van der Waals surface area contributed by atoms with Gasteiger partial charge in [-0.1, -0.05) is 0 Å². The second-order valence-corrected chi connectivity index (χ2v) is 3.41. The fourth-order valence-electron chi connectivity index (χ4n) is 1.56. The van der Waals surface area contributed by atoms with Crippen molar-refractivity contribution in [2.75, 3.05) is 0 Å². The average molecular weight is 244 g/mol. The van der Waals surface area contributed by atoms with Crippen molar-refractivity contribution in [1.29, 1.82) is 0 Å². The Balaban J connectivity index is 2.70. The standard InChI is InChI=1S/C12H8N2O4/c15-11(16)8-4-2-5-13-9(8)7-3-1-6-14-10(7)12(17)18/h1-6H,(H,15,16)(H,17,18). The highest BCUT2D eigenvalue weighted by Gasteiger charge is 2.19. The fraction of sp³-hybridized carbons (Fsp3) is 0. The van der Waals surface area contributed by atoms with Crippen LogP contribution in [0.5, 0.6) is 0 Å². The summed E-state index contributed by atoms with van der Waals surface area (Å²) in [5, 5.41) is 18.1. The highest BCUT2D eigenvalue weighted by atomic mass is 16.4. The van der Waals surface area contributed by atoms with E-state index in [-0.39, 0.29) is 22.5 Å². The van der Waals surface area contributed by atoms with Crippen molar-refractivity contribution in [3.63, 3.8) is 0 Å². The van der Waals surface area contributed by atoms with Crippen molar-refractivity contribution >= 4 is 11.9 Å². The van der Waals surface area contributed by atoms with Gasteiger partial charge in [0.25, 0.3) is 0 Å². The Morgan fingerprint density at radius 2 is 1.61 bits per heavy atom. The molecule has 0 saturated carbocycles. The van der Waals surface area contributed by atoms with Crippen LogP contribution in [0.2, 0.25) is 0 Å². The van der Waals surface area contributed by atoms with Gasteiger partial charge in [0.1, 0.15) is 0 Å². The Hall–Kier alpha value is -2.76. The van der Waals surface area contributed by atoms with Crippen LogP contribution in [0.3, 0.4) is 0 Å². The summed E-state index contributed by atoms with van der Waals surface area (Å²) >= 11 is 0. The molecule has 0 aliphatic carbocycles. The molecule has 6 nitrogen and oxygen atoms in total. The molecule has 0 aliphatic heterocycles. The van der Waals surface area contributed by atoms with Gasteiger partial charge in [-0.15, -0.1) is 0 Å². The van der Waals surface area contributed by atoms with Crippen LogP contribution >= 0.6 is 0 Å². The summed E-state index contributed by atoms with van der Waals surface area (Å²) in [4.78, 5) is 29.8. The first-order chi connectivity index (χ1) is 8.61. The van der Waals surface area contributed by atoms with E-state index in [0.717, 1.165) is 0 Å². The van der Waals surface area contributed by atoms with Crippen molar-refractivity contribution in [2.24, 2.45) is 0 Å². The molecule has 6 heteroatoms. The van der Waals surface area contributed by atoms with Gasteiger partial charge >= 0.3 is 11.9 Å². The molecule has 0 unspecified atom stereocenters. The summed E-state index contributed by atoms with van der Waals surface area (Å²) in [5.41, 5.74) is -0.00907. The number of carboxylic acids is 2. The monoisotopic (exact) mass is 244 g/mol. The van der Waals surface area contributed by atoms with Gasteiger partial charge in [-0.05, 0) is 24.3 Å². The van der Waals surface area contributed by atoms with Crippen LogP contribution in [-0.4, -0.2) is 32.1 Å². The van der Waals surface area contributed by atoms with Gasteiger partial charge in [-0.3, -0.25) is 4.98 Å². The molecule has 0 aliphatic rings. The Morgan fingerprint density at radius 3 is 2.28 bits per heavy atom. The van der Waals surface area contributed by atoms with E-state index in [0.29, 0.717) is 0 Å². The molecule has 0 aromatic carbocycles. The first kappa shape index (κ1) is 11.7. The minimum absolute atomic E-state index is 0.0620. The summed E-state index contributed by atoms with van der Waals surface area (Å²) in [6, 6.07) is 5.85. The molecule has 18 heavy (non-hydrogen) atoms. The number of carbonyl (C=O) groups is 2. The number of hydrogen-bond acceptors (Lipinski definition) is 4. The molecular formula is C12H8N2O4. The smallest absolute Gasteiger partial charge is 0.355 e. The maximum Gasteiger partial charge on any atom is 0.355 e. The minimum Gasteiger partial charge on any atom is -0.478 e. The Kier molecular flexibility index (Phi) is 3.01. The molecule has 0 bridgehead atoms. The van der Waals surface area contributed by atoms with Crippen molar-refractivity contribution in [3.05, 3.63) is 47.9 Å². The lowest BCUT2D eigenvalue weighted by atomic mass is 10.0. The van der Waals surface area contributed by atoms with Crippen molar-refractivity contribution < 1.29 is 19.8 Å². The first-order valence-electron chi connectivity index (χ1n) is 4.98. The van der Waals surface area contributed by atoms with Crippen molar-refractivity contribution in [3.8, 4) is 11.3 Å². The maximum absolute atomic E-state index is 11.1. The van der Waals surface area contributed by atoms with E-state index >= 15 is 0 Å². The van der Waals surface area contributed by atoms with Crippen molar-refractivity contribution in [1.82, 2.24) is 9.97 Å². The molecule has 0 radical (unpaired) electrons. The van der Waals surface area contributed by atoms with Crippen molar-refractivity contribution in [2.45, 2.75) is 0 Å². The number of carboxylic acid groups (broad SMARTS) is 2. The molecule has 0 atom stereocenters. The van der Waals surface area contributed by atoms with Crippen LogP contribution in [-0.2, 0) is 0 Å². The first-order valence-corrected chi connectivity index (χ1v) is 4.98. The van der Waals surface area contributed by atoms with Gasteiger partial charge in [0.15, 0.2) is 5.69 Å². The molecule has 0 amide bonds. The zero-order valence-electron chi connectivity index (χ0n) is 9.07. The van der Waals surface area contributed by atoms with E-state index in [2.05, 4.69) is 9.97 Å². The highest BCUT2D eigenvalue weighted by Crippen LogP contribution is 2.23. The SMILES string of the molecule is O=C(O)c1cccnc1-c1cccnc1C(=O)O.